The van der Waals surface area contributed by atoms with E-state index in [2.05, 4.69) is 22.6 Å². The molecule has 0 unspecified atom stereocenters. The van der Waals surface area contributed by atoms with Gasteiger partial charge < -0.3 is 35.3 Å². The molecule has 10 heterocycles. The molecule has 6 aliphatic rings. The van der Waals surface area contributed by atoms with E-state index in [0.717, 1.165) is 77.3 Å². The SMILES string of the molecule is Cc1ccc(N2CCCS2(=O)=O)c(C(=O)N2CCCC[C@H]2c2cc3nc(N4C[C@@H](C#N)[C@@H](O)C4)c(C)cn3n2)c1.Cc1ccc(N2CCCS2(=O)=O)c(C(=O)O)c1.Cc1cn2nc([C@@H]3CCCCN3)cc2nc1N1C[C@@H](C#N)[C@@H](O)C1. The zero-order valence-corrected chi connectivity index (χ0v) is 47.5. The number of aromatic carboxylic acids is 1. The summed E-state index contributed by atoms with van der Waals surface area (Å²) >= 11 is 0. The molecule has 6 aliphatic heterocycles. The number of piperidine rings is 2. The number of sulfonamides is 2. The van der Waals surface area contributed by atoms with Crippen molar-refractivity contribution in [3.8, 4) is 12.1 Å². The maximum atomic E-state index is 14.1. The van der Waals surface area contributed by atoms with Crippen LogP contribution in [-0.4, -0.2) is 154 Å². The fourth-order valence-corrected chi connectivity index (χ4v) is 15.0. The van der Waals surface area contributed by atoms with Crippen LogP contribution in [0.3, 0.4) is 0 Å². The molecule has 6 saturated heterocycles. The van der Waals surface area contributed by atoms with Crippen LogP contribution in [0.5, 0.6) is 0 Å². The molecule has 81 heavy (non-hydrogen) atoms. The van der Waals surface area contributed by atoms with Crippen LogP contribution >= 0.6 is 0 Å². The Kier molecular flexibility index (Phi) is 16.3. The minimum absolute atomic E-state index is 0.0375. The number of amides is 1. The van der Waals surface area contributed by atoms with Crippen LogP contribution in [0.15, 0.2) is 60.9 Å². The molecular weight excluding hydrogens is 1080 g/mol. The van der Waals surface area contributed by atoms with Crippen LogP contribution in [0, 0.1) is 62.2 Å². The smallest absolute Gasteiger partial charge is 0.337 e. The number of carboxylic acids is 1. The van der Waals surface area contributed by atoms with E-state index in [1.54, 1.807) is 35.7 Å². The third-order valence-corrected chi connectivity index (χ3v) is 19.7. The van der Waals surface area contributed by atoms with E-state index in [-0.39, 0.29) is 40.6 Å². The average molecular weight is 1150 g/mol. The Balaban J connectivity index is 0.000000152. The molecule has 25 heteroatoms. The first-order valence-electron chi connectivity index (χ1n) is 27.6. The predicted molar refractivity (Wildman–Crippen MR) is 303 cm³/mol. The van der Waals surface area contributed by atoms with Gasteiger partial charge in [-0.3, -0.25) is 13.4 Å². The van der Waals surface area contributed by atoms with Gasteiger partial charge in [-0.15, -0.1) is 0 Å². The Morgan fingerprint density at radius 1 is 0.630 bits per heavy atom. The Labute approximate surface area is 471 Å². The lowest BCUT2D eigenvalue weighted by Crippen LogP contribution is -2.39. The Morgan fingerprint density at radius 3 is 1.62 bits per heavy atom. The lowest BCUT2D eigenvalue weighted by molar-refractivity contribution is 0.0605. The highest BCUT2D eigenvalue weighted by Gasteiger charge is 2.38. The minimum Gasteiger partial charge on any atom is -0.478 e. The molecule has 23 nitrogen and oxygen atoms in total. The van der Waals surface area contributed by atoms with Gasteiger partial charge in [0, 0.05) is 81.5 Å². The normalized spacial score (nSPS) is 24.1. The van der Waals surface area contributed by atoms with Gasteiger partial charge in [-0.25, -0.2) is 40.6 Å². The van der Waals surface area contributed by atoms with Crippen molar-refractivity contribution >= 4 is 66.2 Å². The number of anilines is 4. The number of β-amino-alcohol motifs (C(OH)–C–C–N with tert-alkyl or cyclic N) is 2. The molecule has 4 N–H and O–H groups in total. The van der Waals surface area contributed by atoms with Gasteiger partial charge in [0.15, 0.2) is 11.3 Å². The summed E-state index contributed by atoms with van der Waals surface area (Å²) < 4.78 is 55.1. The number of hydrogen-bond donors (Lipinski definition) is 4. The summed E-state index contributed by atoms with van der Waals surface area (Å²) in [6, 6.07) is 18.5. The zero-order chi connectivity index (χ0) is 57.5. The number of aliphatic hydroxyl groups excluding tert-OH is 2. The van der Waals surface area contributed by atoms with Crippen molar-refractivity contribution in [2.75, 3.05) is 82.3 Å². The number of carbonyl (C=O) groups is 2. The number of nitriles is 2. The average Bonchev–Trinajstić information content (AvgIpc) is 4.54. The van der Waals surface area contributed by atoms with Crippen LogP contribution in [-0.2, 0) is 20.0 Å². The highest BCUT2D eigenvalue weighted by molar-refractivity contribution is 7.93. The van der Waals surface area contributed by atoms with E-state index in [0.29, 0.717) is 87.4 Å². The molecule has 4 aromatic heterocycles. The number of benzene rings is 2. The van der Waals surface area contributed by atoms with Crippen molar-refractivity contribution in [2.45, 2.75) is 103 Å². The lowest BCUT2D eigenvalue weighted by Gasteiger charge is -2.35. The second-order valence-electron chi connectivity index (χ2n) is 22.0. The number of carbonyl (C=O) groups excluding carboxylic acids is 1. The molecule has 0 radical (unpaired) electrons. The fraction of sp³-hybridized carbons (Fsp3) is 0.500. The van der Waals surface area contributed by atoms with Crippen LogP contribution in [0.25, 0.3) is 11.3 Å². The van der Waals surface area contributed by atoms with E-state index in [4.69, 9.17) is 25.4 Å². The van der Waals surface area contributed by atoms with Crippen molar-refractivity contribution in [3.63, 3.8) is 0 Å². The molecule has 12 rings (SSSR count). The van der Waals surface area contributed by atoms with Gasteiger partial charge in [0.25, 0.3) is 5.91 Å². The summed E-state index contributed by atoms with van der Waals surface area (Å²) in [5.41, 5.74) is 7.92. The third-order valence-electron chi connectivity index (χ3n) is 16.0. The Hall–Kier alpha value is -7.42. The van der Waals surface area contributed by atoms with Gasteiger partial charge in [0.1, 0.15) is 11.6 Å². The Morgan fingerprint density at radius 2 is 1.14 bits per heavy atom. The molecule has 0 saturated carbocycles. The van der Waals surface area contributed by atoms with E-state index in [1.165, 1.54) is 27.5 Å². The van der Waals surface area contributed by atoms with Crippen molar-refractivity contribution in [1.82, 2.24) is 39.4 Å². The maximum absolute atomic E-state index is 14.1. The molecular formula is C56H68N14O9S2. The number of nitrogens with zero attached hydrogens (tertiary/aromatic N) is 13. The summed E-state index contributed by atoms with van der Waals surface area (Å²) in [4.78, 5) is 40.6. The number of rotatable bonds is 8. The van der Waals surface area contributed by atoms with Crippen molar-refractivity contribution in [1.29, 1.82) is 10.5 Å². The second-order valence-corrected chi connectivity index (χ2v) is 26.0. The summed E-state index contributed by atoms with van der Waals surface area (Å²) in [5, 5.41) is 60.8. The molecule has 0 aliphatic carbocycles. The van der Waals surface area contributed by atoms with Gasteiger partial charge in [-0.05, 0) is 103 Å². The van der Waals surface area contributed by atoms with E-state index in [1.807, 2.05) is 70.6 Å². The highest BCUT2D eigenvalue weighted by atomic mass is 32.2. The molecule has 428 valence electrons. The number of carboxylic acid groups (broad SMARTS) is 1. The van der Waals surface area contributed by atoms with Crippen LogP contribution < -0.4 is 23.7 Å². The number of fused-ring (bicyclic) bond motifs is 2. The maximum Gasteiger partial charge on any atom is 0.337 e. The number of nitrogens with one attached hydrogen (secondary N) is 1. The second kappa shape index (κ2) is 23.2. The molecule has 1 amide bonds. The monoisotopic (exact) mass is 1140 g/mol. The molecule has 6 aromatic rings. The first-order chi connectivity index (χ1) is 38.7. The Bertz CT molecular complexity index is 3700. The van der Waals surface area contributed by atoms with Crippen LogP contribution in [0.2, 0.25) is 0 Å². The topological polar surface area (TPSA) is 299 Å². The van der Waals surface area contributed by atoms with E-state index in [9.17, 15) is 41.9 Å². The zero-order valence-electron chi connectivity index (χ0n) is 45.9. The molecule has 0 spiro atoms. The number of aliphatic hydroxyl groups is 2. The van der Waals surface area contributed by atoms with Crippen molar-refractivity contribution in [2.24, 2.45) is 11.8 Å². The van der Waals surface area contributed by atoms with Crippen LogP contribution in [0.4, 0.5) is 23.0 Å². The van der Waals surface area contributed by atoms with E-state index < -0.39 is 44.1 Å². The first-order valence-corrected chi connectivity index (χ1v) is 30.8. The first kappa shape index (κ1) is 56.8. The van der Waals surface area contributed by atoms with E-state index >= 15 is 0 Å². The molecule has 2 aromatic carbocycles. The quantitative estimate of drug-likeness (QED) is 0.156. The van der Waals surface area contributed by atoms with Gasteiger partial charge in [-0.1, -0.05) is 29.7 Å². The standard InChI is InChI=1S/C28H33N7O4S.C17H22N6O.C11H13NO4S/c1-18-7-8-23(35-10-5-11-40(35,38)39)21(12-18)28(37)33-9-4-3-6-24(33)22-13-26-30-27(19(2)15-34(26)31-22)32-16-20(14-29)25(36)17-32;1-11-8-23-16(6-14(21-23)13-4-2-3-5-19-13)20-17(11)22-9-12(7-18)15(24)10-22;1-8-3-4-10(9(7-8)11(13)14)12-5-2-6-17(12,15)16/h7-8,12-13,15,20,24-25,36H,3-6,9-11,16-17H2,1-2H3;6,8,12-13,15,19,24H,2-5,9-10H2,1H3;3-4,7H,2,5-6H2,1H3,(H,13,14)/t20-,24+,25+;12-,13+,15+;/m11./s1. The predicted octanol–water partition coefficient (Wildman–Crippen LogP) is 4.98. The molecule has 0 bridgehead atoms. The van der Waals surface area contributed by atoms with Crippen LogP contribution in [0.1, 0.15) is 118 Å². The number of likely N-dealkylation sites (tertiary alicyclic amines) is 1. The lowest BCUT2D eigenvalue weighted by atomic mass is 9.97. The van der Waals surface area contributed by atoms with Gasteiger partial charge >= 0.3 is 5.97 Å². The summed E-state index contributed by atoms with van der Waals surface area (Å²) in [6.45, 7) is 11.6. The molecule has 6 atom stereocenters. The fourth-order valence-electron chi connectivity index (χ4n) is 11.8. The van der Waals surface area contributed by atoms with Gasteiger partial charge in [-0.2, -0.15) is 20.7 Å². The van der Waals surface area contributed by atoms with Gasteiger partial charge in [0.2, 0.25) is 20.0 Å². The van der Waals surface area contributed by atoms with Crippen molar-refractivity contribution < 1.29 is 41.7 Å². The molecule has 6 fully saturated rings. The summed E-state index contributed by atoms with van der Waals surface area (Å²) in [5.74, 6) is -0.391. The van der Waals surface area contributed by atoms with Crippen molar-refractivity contribution in [3.05, 3.63) is 106 Å². The summed E-state index contributed by atoms with van der Waals surface area (Å²) in [7, 11) is -6.78. The summed E-state index contributed by atoms with van der Waals surface area (Å²) in [6.07, 6.45) is 9.73. The highest BCUT2D eigenvalue weighted by Crippen LogP contribution is 2.37. The minimum atomic E-state index is -3.45. The number of hydrogen-bond acceptors (Lipinski definition) is 17. The van der Waals surface area contributed by atoms with Gasteiger partial charge in [0.05, 0.1) is 93.7 Å². The number of aryl methyl sites for hydroxylation is 4. The third kappa shape index (κ3) is 11.7. The largest absolute Gasteiger partial charge is 0.478 e. The number of aromatic nitrogens is 6.